The van der Waals surface area contributed by atoms with Gasteiger partial charge < -0.3 is 16.0 Å². The third-order valence-corrected chi connectivity index (χ3v) is 2.95. The summed E-state index contributed by atoms with van der Waals surface area (Å²) < 4.78 is 0. The van der Waals surface area contributed by atoms with E-state index in [0.717, 1.165) is 19.0 Å². The molecule has 3 nitrogen and oxygen atoms in total. The number of nitrogens with one attached hydrogen (secondary N) is 1. The molecule has 0 aromatic heterocycles. The zero-order chi connectivity index (χ0) is 9.68. The lowest BCUT2D eigenvalue weighted by molar-refractivity contribution is 0.211. The van der Waals surface area contributed by atoms with Crippen molar-refractivity contribution in [3.05, 3.63) is 0 Å². The fourth-order valence-corrected chi connectivity index (χ4v) is 2.20. The third-order valence-electron chi connectivity index (χ3n) is 2.95. The van der Waals surface area contributed by atoms with Crippen molar-refractivity contribution in [2.75, 3.05) is 40.3 Å². The van der Waals surface area contributed by atoms with Crippen molar-refractivity contribution in [3.8, 4) is 0 Å². The number of nitrogens with two attached hydrogens (primary N) is 1. The van der Waals surface area contributed by atoms with Crippen LogP contribution in [-0.2, 0) is 0 Å². The summed E-state index contributed by atoms with van der Waals surface area (Å²) in [6.07, 6.45) is 2.60. The van der Waals surface area contributed by atoms with Crippen molar-refractivity contribution < 1.29 is 0 Å². The predicted octanol–water partition coefficient (Wildman–Crippen LogP) is 0.123. The van der Waals surface area contributed by atoms with E-state index in [1.807, 2.05) is 0 Å². The largest absolute Gasteiger partial charge is 0.330 e. The maximum Gasteiger partial charge on any atom is 0.00183 e. The van der Waals surface area contributed by atoms with Crippen LogP contribution in [0.3, 0.4) is 0 Å². The molecule has 0 radical (unpaired) electrons. The van der Waals surface area contributed by atoms with Crippen molar-refractivity contribution >= 4 is 0 Å². The normalized spacial score (nSPS) is 22.2. The molecule has 1 unspecified atom stereocenters. The van der Waals surface area contributed by atoms with E-state index < -0.39 is 0 Å². The summed E-state index contributed by atoms with van der Waals surface area (Å²) >= 11 is 0. The summed E-state index contributed by atoms with van der Waals surface area (Å²) in [5, 5.41) is 3.39. The first-order valence-electron chi connectivity index (χ1n) is 5.29. The highest BCUT2D eigenvalue weighted by atomic mass is 15.1. The van der Waals surface area contributed by atoms with Crippen molar-refractivity contribution in [2.45, 2.75) is 12.8 Å². The zero-order valence-electron chi connectivity index (χ0n) is 8.92. The highest BCUT2D eigenvalue weighted by molar-refractivity contribution is 4.77. The minimum Gasteiger partial charge on any atom is -0.330 e. The van der Waals surface area contributed by atoms with Crippen LogP contribution in [0.1, 0.15) is 12.8 Å². The van der Waals surface area contributed by atoms with E-state index >= 15 is 0 Å². The minimum atomic E-state index is 0.692. The Morgan fingerprint density at radius 1 is 1.38 bits per heavy atom. The molecule has 0 amide bonds. The van der Waals surface area contributed by atoms with E-state index in [1.54, 1.807) is 0 Å². The van der Waals surface area contributed by atoms with Crippen LogP contribution >= 0.6 is 0 Å². The molecule has 13 heavy (non-hydrogen) atoms. The molecule has 1 aliphatic heterocycles. The second kappa shape index (κ2) is 5.58. The summed E-state index contributed by atoms with van der Waals surface area (Å²) in [6, 6.07) is 0. The van der Waals surface area contributed by atoms with Crippen LogP contribution in [0.2, 0.25) is 0 Å². The molecule has 1 fully saturated rings. The summed E-state index contributed by atoms with van der Waals surface area (Å²) in [5.74, 6) is 1.53. The van der Waals surface area contributed by atoms with E-state index in [4.69, 9.17) is 5.73 Å². The van der Waals surface area contributed by atoms with E-state index in [2.05, 4.69) is 24.3 Å². The molecule has 0 aromatic rings. The van der Waals surface area contributed by atoms with Crippen molar-refractivity contribution in [3.63, 3.8) is 0 Å². The van der Waals surface area contributed by atoms with Gasteiger partial charge in [-0.15, -0.1) is 0 Å². The SMILES string of the molecule is CN(C)CC(CN)C1CCNCC1. The monoisotopic (exact) mass is 185 g/mol. The molecule has 1 aliphatic rings. The second-order valence-corrected chi connectivity index (χ2v) is 4.35. The van der Waals surface area contributed by atoms with Crippen LogP contribution in [0.25, 0.3) is 0 Å². The smallest absolute Gasteiger partial charge is 0.00183 e. The third kappa shape index (κ3) is 3.63. The van der Waals surface area contributed by atoms with Gasteiger partial charge >= 0.3 is 0 Å². The molecule has 1 atom stereocenters. The fraction of sp³-hybridized carbons (Fsp3) is 1.00. The molecule has 0 bridgehead atoms. The van der Waals surface area contributed by atoms with E-state index in [0.29, 0.717) is 5.92 Å². The minimum absolute atomic E-state index is 0.692. The van der Waals surface area contributed by atoms with Gasteiger partial charge in [0, 0.05) is 6.54 Å². The molecular weight excluding hydrogens is 162 g/mol. The molecule has 1 saturated heterocycles. The second-order valence-electron chi connectivity index (χ2n) is 4.35. The topological polar surface area (TPSA) is 41.3 Å². The molecule has 0 aliphatic carbocycles. The van der Waals surface area contributed by atoms with Gasteiger partial charge in [0.2, 0.25) is 0 Å². The van der Waals surface area contributed by atoms with E-state index in [-0.39, 0.29) is 0 Å². The van der Waals surface area contributed by atoms with Crippen molar-refractivity contribution in [1.82, 2.24) is 10.2 Å². The van der Waals surface area contributed by atoms with Gasteiger partial charge in [-0.2, -0.15) is 0 Å². The molecule has 1 heterocycles. The lowest BCUT2D eigenvalue weighted by Gasteiger charge is -2.31. The summed E-state index contributed by atoms with van der Waals surface area (Å²) in [5.41, 5.74) is 5.80. The number of rotatable bonds is 4. The first-order valence-corrected chi connectivity index (χ1v) is 5.29. The first kappa shape index (κ1) is 11.0. The van der Waals surface area contributed by atoms with Crippen LogP contribution in [0.4, 0.5) is 0 Å². The highest BCUT2D eigenvalue weighted by Crippen LogP contribution is 2.21. The molecule has 3 N–H and O–H groups in total. The average molecular weight is 185 g/mol. The lowest BCUT2D eigenvalue weighted by Crippen LogP contribution is -2.38. The number of nitrogens with zero attached hydrogens (tertiary/aromatic N) is 1. The quantitative estimate of drug-likeness (QED) is 0.654. The molecule has 78 valence electrons. The zero-order valence-corrected chi connectivity index (χ0v) is 8.92. The Balaban J connectivity index is 2.34. The Hall–Kier alpha value is -0.120. The van der Waals surface area contributed by atoms with Gasteiger partial charge in [0.25, 0.3) is 0 Å². The van der Waals surface area contributed by atoms with Gasteiger partial charge in [-0.25, -0.2) is 0 Å². The Labute approximate surface area is 81.7 Å². The van der Waals surface area contributed by atoms with E-state index in [1.165, 1.54) is 25.9 Å². The van der Waals surface area contributed by atoms with Gasteiger partial charge in [0.05, 0.1) is 0 Å². The Kier molecular flexibility index (Phi) is 4.70. The fourth-order valence-electron chi connectivity index (χ4n) is 2.20. The van der Waals surface area contributed by atoms with Crippen LogP contribution in [-0.4, -0.2) is 45.2 Å². The summed E-state index contributed by atoms with van der Waals surface area (Å²) in [4.78, 5) is 2.25. The van der Waals surface area contributed by atoms with Gasteiger partial charge in [0.15, 0.2) is 0 Å². The maximum absolute atomic E-state index is 5.80. The van der Waals surface area contributed by atoms with Gasteiger partial charge in [-0.1, -0.05) is 0 Å². The standard InChI is InChI=1S/C10H23N3/c1-13(2)8-10(7-11)9-3-5-12-6-4-9/h9-10,12H,3-8,11H2,1-2H3. The Morgan fingerprint density at radius 3 is 2.46 bits per heavy atom. The molecule has 1 rings (SSSR count). The molecule has 0 saturated carbocycles. The number of hydrogen-bond donors (Lipinski definition) is 2. The number of hydrogen-bond acceptors (Lipinski definition) is 3. The van der Waals surface area contributed by atoms with Gasteiger partial charge in [-0.05, 0) is 58.4 Å². The van der Waals surface area contributed by atoms with E-state index in [9.17, 15) is 0 Å². The average Bonchev–Trinajstić information content (AvgIpc) is 2.15. The molecule has 0 spiro atoms. The van der Waals surface area contributed by atoms with Crippen molar-refractivity contribution in [2.24, 2.45) is 17.6 Å². The summed E-state index contributed by atoms with van der Waals surface area (Å²) in [6.45, 7) is 4.33. The van der Waals surface area contributed by atoms with Crippen LogP contribution < -0.4 is 11.1 Å². The maximum atomic E-state index is 5.80. The molecule has 3 heteroatoms. The predicted molar refractivity (Wildman–Crippen MR) is 56.7 cm³/mol. The molecule has 0 aromatic carbocycles. The summed E-state index contributed by atoms with van der Waals surface area (Å²) in [7, 11) is 4.26. The highest BCUT2D eigenvalue weighted by Gasteiger charge is 2.22. The Morgan fingerprint density at radius 2 is 2.00 bits per heavy atom. The first-order chi connectivity index (χ1) is 6.24. The van der Waals surface area contributed by atoms with Crippen LogP contribution in [0.5, 0.6) is 0 Å². The van der Waals surface area contributed by atoms with Gasteiger partial charge in [0.1, 0.15) is 0 Å². The Bertz CT molecular complexity index is 130. The lowest BCUT2D eigenvalue weighted by atomic mass is 9.84. The van der Waals surface area contributed by atoms with Crippen LogP contribution in [0.15, 0.2) is 0 Å². The molecular formula is C10H23N3. The van der Waals surface area contributed by atoms with Gasteiger partial charge in [-0.3, -0.25) is 0 Å². The number of piperidine rings is 1. The van der Waals surface area contributed by atoms with Crippen molar-refractivity contribution in [1.29, 1.82) is 0 Å². The van der Waals surface area contributed by atoms with Crippen LogP contribution in [0, 0.1) is 11.8 Å².